The van der Waals surface area contributed by atoms with Crippen LogP contribution in [-0.4, -0.2) is 0 Å². The van der Waals surface area contributed by atoms with Gasteiger partial charge in [-0.25, -0.2) is 0 Å². The predicted molar refractivity (Wildman–Crippen MR) is 0 cm³/mol. The maximum Gasteiger partial charge on any atom is 2.00 e. The van der Waals surface area contributed by atoms with Crippen LogP contribution in [0.3, 0.4) is 0 Å². The summed E-state index contributed by atoms with van der Waals surface area (Å²) < 4.78 is 126. The Morgan fingerprint density at radius 3 is 0.304 bits per heavy atom. The van der Waals surface area contributed by atoms with Gasteiger partial charge in [0.25, 0.3) is 0 Å². The summed E-state index contributed by atoms with van der Waals surface area (Å²) in [4.78, 5) is 0. The molecule has 23 heteroatoms. The van der Waals surface area contributed by atoms with Crippen LogP contribution in [-0.2, 0) is 33.3 Å². The second-order valence-corrected chi connectivity index (χ2v) is 2.83. The van der Waals surface area contributed by atoms with Gasteiger partial charge < -0.3 is 69.9 Å². The molecule has 145 valence electrons. The van der Waals surface area contributed by atoms with E-state index >= 15 is 0 Å². The van der Waals surface area contributed by atoms with E-state index < -0.39 is 53.9 Å². The molecule has 0 N–H and O–H groups in total. The molecule has 0 unspecified atom stereocenters. The molecule has 0 aromatic rings. The van der Waals surface area contributed by atoms with E-state index in [-0.39, 0.29) is 52.1 Å². The Balaban J connectivity index is -0.0000000197. The summed E-state index contributed by atoms with van der Waals surface area (Å²) in [5.74, 6) is 0. The van der Waals surface area contributed by atoms with Crippen LogP contribution < -0.4 is 88.7 Å². The van der Waals surface area contributed by atoms with Gasteiger partial charge in [-0.15, -0.1) is 0 Å². The first-order chi connectivity index (χ1) is 8.66. The van der Waals surface area contributed by atoms with Crippen molar-refractivity contribution in [2.75, 3.05) is 0 Å². The van der Waals surface area contributed by atoms with Gasteiger partial charge in [0.15, 0.2) is 0 Å². The van der Waals surface area contributed by atoms with Crippen molar-refractivity contribution in [3.05, 3.63) is 0 Å². The number of rotatable bonds is 0. The fourth-order valence-corrected chi connectivity index (χ4v) is 0. The van der Waals surface area contributed by atoms with Crippen LogP contribution in [0.4, 0.5) is 0 Å². The Hall–Kier alpha value is 2.45. The van der Waals surface area contributed by atoms with Gasteiger partial charge in [0.2, 0.25) is 0 Å². The zero-order chi connectivity index (χ0) is 17.9. The molecule has 0 atom stereocenters. The molecule has 0 saturated carbocycles. The zero-order valence-corrected chi connectivity index (χ0v) is 15.5. The summed E-state index contributed by atoms with van der Waals surface area (Å²) in [6, 6.07) is 0. The molecule has 0 spiro atoms. The maximum absolute atomic E-state index is 8.41. The van der Waals surface area contributed by atoms with Gasteiger partial charge in [0, 0.05) is 0 Å². The van der Waals surface area contributed by atoms with Crippen molar-refractivity contribution in [2.45, 2.75) is 0 Å². The molecule has 0 aromatic heterocycles. The van der Waals surface area contributed by atoms with Gasteiger partial charge in [-0.05, 0) is 0 Å². The Labute approximate surface area is 175 Å². The van der Waals surface area contributed by atoms with E-state index in [4.69, 9.17) is 69.9 Å². The zero-order valence-electron chi connectivity index (χ0n) is 9.66. The van der Waals surface area contributed by atoms with Gasteiger partial charge in [-0.2, -0.15) is 0 Å². The molecular formula is Cl5CoLiNiO15. The number of hydrogen-bond donors (Lipinski definition) is 0. The third-order valence-corrected chi connectivity index (χ3v) is 0. The van der Waals surface area contributed by atoms with Crippen molar-refractivity contribution in [1.82, 2.24) is 0 Å². The van der Waals surface area contributed by atoms with Crippen molar-refractivity contribution >= 4 is 0 Å². The van der Waals surface area contributed by atoms with Crippen molar-refractivity contribution in [3.8, 4) is 0 Å². The molecule has 0 fully saturated rings. The molecule has 23 heavy (non-hydrogen) atoms. The second-order valence-electron chi connectivity index (χ2n) is 0.945. The molecule has 0 aliphatic rings. The average Bonchev–Trinajstić information content (AvgIpc) is 1.94. The summed E-state index contributed by atoms with van der Waals surface area (Å²) in [6.45, 7) is 0. The Bertz CT molecular complexity index is 92.4. The predicted octanol–water partition coefficient (Wildman–Crippen LogP) is -20.8. The van der Waals surface area contributed by atoms with Crippen LogP contribution in [0.15, 0.2) is 0 Å². The van der Waals surface area contributed by atoms with E-state index in [9.17, 15) is 0 Å². The molecule has 1 radical (unpaired) electrons. The molecule has 0 saturated heterocycles. The monoisotopic (exact) mass is 539 g/mol. The first-order valence-electron chi connectivity index (χ1n) is 2.31. The van der Waals surface area contributed by atoms with Crippen molar-refractivity contribution < 1.29 is 176 Å². The van der Waals surface area contributed by atoms with Crippen LogP contribution in [0.25, 0.3) is 0 Å². The van der Waals surface area contributed by atoms with Gasteiger partial charge in [-0.3, -0.25) is 0 Å². The van der Waals surface area contributed by atoms with Crippen LogP contribution in [0.1, 0.15) is 0 Å². The van der Waals surface area contributed by atoms with E-state index in [0.717, 1.165) is 0 Å². The van der Waals surface area contributed by atoms with Gasteiger partial charge in [0.1, 0.15) is 0 Å². The summed E-state index contributed by atoms with van der Waals surface area (Å²) in [5.41, 5.74) is 0. The van der Waals surface area contributed by atoms with Crippen LogP contribution in [0.2, 0.25) is 0 Å². The van der Waals surface area contributed by atoms with Gasteiger partial charge >= 0.3 is 52.1 Å². The molecule has 0 bridgehead atoms. The first-order valence-corrected chi connectivity index (χ1v) is 6.94. The van der Waals surface area contributed by atoms with Crippen LogP contribution >= 0.6 is 0 Å². The number of hydrogen-bond acceptors (Lipinski definition) is 15. The van der Waals surface area contributed by atoms with E-state index in [2.05, 4.69) is 0 Å². The topological polar surface area (TPSA) is 346 Å². The maximum atomic E-state index is 8.41. The fraction of sp³-hybridized carbons (Fsp3) is 0. The van der Waals surface area contributed by atoms with Gasteiger partial charge in [-0.1, -0.05) is 0 Å². The molecule has 0 aliphatic heterocycles. The summed E-state index contributed by atoms with van der Waals surface area (Å²) >= 11 is 0. The summed E-state index contributed by atoms with van der Waals surface area (Å²) in [6.07, 6.45) is 0. The molecule has 0 amide bonds. The van der Waals surface area contributed by atoms with E-state index in [0.29, 0.717) is 0 Å². The molecule has 0 heterocycles. The molecule has 15 nitrogen and oxygen atoms in total. The minimum absolute atomic E-state index is 0. The fourth-order valence-electron chi connectivity index (χ4n) is 0. The molecule has 0 rings (SSSR count). The Morgan fingerprint density at radius 2 is 0.304 bits per heavy atom. The smallest absolute Gasteiger partial charge is 0.357 e. The van der Waals surface area contributed by atoms with Crippen LogP contribution in [0.5, 0.6) is 0 Å². The van der Waals surface area contributed by atoms with Crippen molar-refractivity contribution in [3.63, 3.8) is 0 Å². The largest absolute Gasteiger partial charge is 2.00 e. The van der Waals surface area contributed by atoms with E-state index in [1.807, 2.05) is 0 Å². The molecule has 0 aliphatic carbocycles. The second kappa shape index (κ2) is 44.2. The number of halogens is 5. The first kappa shape index (κ1) is 50.0. The van der Waals surface area contributed by atoms with E-state index in [1.54, 1.807) is 0 Å². The third-order valence-electron chi connectivity index (χ3n) is 0. The Morgan fingerprint density at radius 1 is 0.304 bits per heavy atom. The molecule has 0 aromatic carbocycles. The SMILES string of the molecule is [Co+2].[Li+].[Ni+2].[O-][Cl+2]([O-])[O-].[O-][Cl+2]([O-])[O-].[O-][Cl+2]([O-])[O-].[O-][Cl+2]([O-])[O-].[O-][Cl+2]([O-])[O-]. The quantitative estimate of drug-likeness (QED) is 0.257. The average molecular weight is 542 g/mol. The van der Waals surface area contributed by atoms with E-state index in [1.165, 1.54) is 0 Å². The Kier molecular flexibility index (Phi) is 95.9. The summed E-state index contributed by atoms with van der Waals surface area (Å²) in [7, 11) is -14.3. The minimum atomic E-state index is -2.85. The van der Waals surface area contributed by atoms with Crippen molar-refractivity contribution in [2.24, 2.45) is 0 Å². The standard InChI is InChI=1S/5ClO3.Co.Li.Ni/c5*2-1(3)4;;;/q5*-1;+2;+1;+2. The van der Waals surface area contributed by atoms with Crippen LogP contribution in [0, 0.1) is 53.9 Å². The minimum Gasteiger partial charge on any atom is -0.357 e. The summed E-state index contributed by atoms with van der Waals surface area (Å²) in [5, 5.41) is 0. The van der Waals surface area contributed by atoms with Crippen molar-refractivity contribution in [1.29, 1.82) is 0 Å². The normalized spacial score (nSPS) is 7.83. The molecular weight excluding hydrogens is 542 g/mol. The van der Waals surface area contributed by atoms with Gasteiger partial charge in [0.05, 0.1) is 53.9 Å². The third kappa shape index (κ3) is 2060.